The predicted molar refractivity (Wildman–Crippen MR) is 136 cm³/mol. The van der Waals surface area contributed by atoms with Gasteiger partial charge in [0, 0.05) is 0 Å². The van der Waals surface area contributed by atoms with E-state index in [1.807, 2.05) is 18.2 Å². The van der Waals surface area contributed by atoms with Crippen molar-refractivity contribution >= 4 is 0 Å². The van der Waals surface area contributed by atoms with Gasteiger partial charge in [0.05, 0.1) is 45.7 Å². The SMILES string of the molecule is CCCCCCCCCCCCCC(O)c1ccc2c(c1)OCCOCCOCCOCCO2. The van der Waals surface area contributed by atoms with Crippen molar-refractivity contribution in [2.45, 2.75) is 90.1 Å². The third-order valence-electron chi connectivity index (χ3n) is 6.15. The van der Waals surface area contributed by atoms with Gasteiger partial charge in [-0.1, -0.05) is 83.6 Å². The Hall–Kier alpha value is -1.34. The van der Waals surface area contributed by atoms with Crippen molar-refractivity contribution in [1.29, 1.82) is 0 Å². The third kappa shape index (κ3) is 13.5. The first-order chi connectivity index (χ1) is 16.8. The molecule has 0 fully saturated rings. The molecule has 0 saturated carbocycles. The Morgan fingerprint density at radius 3 is 1.65 bits per heavy atom. The van der Waals surface area contributed by atoms with Gasteiger partial charge in [-0.05, 0) is 24.1 Å². The largest absolute Gasteiger partial charge is 0.487 e. The molecule has 0 saturated heterocycles. The molecule has 1 unspecified atom stereocenters. The summed E-state index contributed by atoms with van der Waals surface area (Å²) in [4.78, 5) is 0. The molecule has 1 aromatic rings. The van der Waals surface area contributed by atoms with Gasteiger partial charge in [0.25, 0.3) is 0 Å². The van der Waals surface area contributed by atoms with E-state index in [-0.39, 0.29) is 0 Å². The maximum atomic E-state index is 10.7. The molecule has 2 rings (SSSR count). The molecule has 0 aromatic heterocycles. The molecule has 0 bridgehead atoms. The van der Waals surface area contributed by atoms with Crippen LogP contribution in [0.2, 0.25) is 0 Å². The lowest BCUT2D eigenvalue weighted by Gasteiger charge is -2.17. The maximum Gasteiger partial charge on any atom is 0.161 e. The lowest BCUT2D eigenvalue weighted by atomic mass is 10.0. The fraction of sp³-hybridized carbons (Fsp3) is 0.786. The van der Waals surface area contributed by atoms with Gasteiger partial charge in [-0.3, -0.25) is 0 Å². The number of aliphatic hydroxyl groups excluding tert-OH is 1. The van der Waals surface area contributed by atoms with E-state index in [9.17, 15) is 5.11 Å². The Morgan fingerprint density at radius 1 is 0.618 bits per heavy atom. The molecule has 0 radical (unpaired) electrons. The summed E-state index contributed by atoms with van der Waals surface area (Å²) in [5, 5.41) is 10.7. The molecule has 6 nitrogen and oxygen atoms in total. The molecule has 1 atom stereocenters. The van der Waals surface area contributed by atoms with Crippen molar-refractivity contribution in [2.75, 3.05) is 52.9 Å². The molecule has 1 N–H and O–H groups in total. The molecular formula is C28H48O6. The Kier molecular flexibility index (Phi) is 16.9. The molecule has 1 aromatic carbocycles. The van der Waals surface area contributed by atoms with Crippen molar-refractivity contribution in [3.8, 4) is 11.5 Å². The monoisotopic (exact) mass is 480 g/mol. The van der Waals surface area contributed by atoms with Crippen LogP contribution in [0.5, 0.6) is 11.5 Å². The number of fused-ring (bicyclic) bond motifs is 1. The molecule has 34 heavy (non-hydrogen) atoms. The molecule has 1 aliphatic rings. The smallest absolute Gasteiger partial charge is 0.161 e. The molecule has 0 spiro atoms. The second kappa shape index (κ2) is 19.9. The van der Waals surface area contributed by atoms with Crippen molar-refractivity contribution in [2.24, 2.45) is 0 Å². The Morgan fingerprint density at radius 2 is 1.09 bits per heavy atom. The van der Waals surface area contributed by atoms with E-state index in [1.54, 1.807) is 0 Å². The summed E-state index contributed by atoms with van der Waals surface area (Å²) in [6, 6.07) is 5.72. The average Bonchev–Trinajstić information content (AvgIpc) is 2.86. The Bertz CT molecular complexity index is 609. The number of unbranched alkanes of at least 4 members (excludes halogenated alkanes) is 10. The maximum absolute atomic E-state index is 10.7. The minimum atomic E-state index is -0.485. The summed E-state index contributed by atoms with van der Waals surface area (Å²) in [5.41, 5.74) is 0.873. The van der Waals surface area contributed by atoms with E-state index >= 15 is 0 Å². The van der Waals surface area contributed by atoms with Gasteiger partial charge in [0.2, 0.25) is 0 Å². The summed E-state index contributed by atoms with van der Waals surface area (Å²) in [6.45, 7) is 6.26. The topological polar surface area (TPSA) is 66.4 Å². The lowest BCUT2D eigenvalue weighted by Crippen LogP contribution is -2.13. The van der Waals surface area contributed by atoms with Crippen LogP contribution in [0.4, 0.5) is 0 Å². The van der Waals surface area contributed by atoms with Gasteiger partial charge in [-0.25, -0.2) is 0 Å². The van der Waals surface area contributed by atoms with Gasteiger partial charge < -0.3 is 28.8 Å². The first-order valence-corrected chi connectivity index (χ1v) is 13.6. The van der Waals surface area contributed by atoms with E-state index in [0.29, 0.717) is 64.4 Å². The van der Waals surface area contributed by atoms with Gasteiger partial charge in [-0.15, -0.1) is 0 Å². The zero-order valence-corrected chi connectivity index (χ0v) is 21.4. The van der Waals surface area contributed by atoms with Crippen LogP contribution in [-0.4, -0.2) is 58.0 Å². The fourth-order valence-electron chi connectivity index (χ4n) is 4.10. The van der Waals surface area contributed by atoms with Crippen LogP contribution in [0.1, 0.15) is 95.6 Å². The zero-order valence-electron chi connectivity index (χ0n) is 21.4. The van der Waals surface area contributed by atoms with Crippen molar-refractivity contribution in [3.05, 3.63) is 23.8 Å². The summed E-state index contributed by atoms with van der Waals surface area (Å²) in [5.74, 6) is 1.31. The van der Waals surface area contributed by atoms with Crippen LogP contribution < -0.4 is 9.47 Å². The summed E-state index contributed by atoms with van der Waals surface area (Å²) in [7, 11) is 0. The van der Waals surface area contributed by atoms with Crippen molar-refractivity contribution in [1.82, 2.24) is 0 Å². The van der Waals surface area contributed by atoms with E-state index < -0.39 is 6.10 Å². The van der Waals surface area contributed by atoms with Gasteiger partial charge >= 0.3 is 0 Å². The first-order valence-electron chi connectivity index (χ1n) is 13.6. The third-order valence-corrected chi connectivity index (χ3v) is 6.15. The van der Waals surface area contributed by atoms with Crippen molar-refractivity contribution in [3.63, 3.8) is 0 Å². The minimum Gasteiger partial charge on any atom is -0.487 e. The Labute approximate surface area is 207 Å². The number of aliphatic hydroxyl groups is 1. The van der Waals surface area contributed by atoms with Crippen LogP contribution in [-0.2, 0) is 14.2 Å². The van der Waals surface area contributed by atoms with Gasteiger partial charge in [0.15, 0.2) is 11.5 Å². The number of benzene rings is 1. The highest BCUT2D eigenvalue weighted by atomic mass is 16.6. The highest BCUT2D eigenvalue weighted by Crippen LogP contribution is 2.32. The average molecular weight is 481 g/mol. The first kappa shape index (κ1) is 28.9. The summed E-state index contributed by atoms with van der Waals surface area (Å²) >= 11 is 0. The van der Waals surface area contributed by atoms with E-state index in [0.717, 1.165) is 18.4 Å². The molecule has 1 heterocycles. The van der Waals surface area contributed by atoms with Crippen molar-refractivity contribution < 1.29 is 28.8 Å². The molecule has 1 aliphatic heterocycles. The minimum absolute atomic E-state index is 0.422. The second-order valence-electron chi connectivity index (χ2n) is 9.08. The quantitative estimate of drug-likeness (QED) is 0.337. The van der Waals surface area contributed by atoms with Crippen LogP contribution in [0.25, 0.3) is 0 Å². The van der Waals surface area contributed by atoms with Crippen LogP contribution in [0.15, 0.2) is 18.2 Å². The standard InChI is InChI=1S/C28H48O6/c1-2-3-4-5-6-7-8-9-10-11-12-13-26(29)25-14-15-27-28(24-25)34-23-21-32-19-17-30-16-18-31-20-22-33-27/h14-15,24,26,29H,2-13,16-23H2,1H3. The predicted octanol–water partition coefficient (Wildman–Crippen LogP) is 6.24. The lowest BCUT2D eigenvalue weighted by molar-refractivity contribution is 0.00708. The van der Waals surface area contributed by atoms with Crippen LogP contribution in [0.3, 0.4) is 0 Å². The highest BCUT2D eigenvalue weighted by molar-refractivity contribution is 5.43. The number of hydrogen-bond donors (Lipinski definition) is 1. The fourth-order valence-corrected chi connectivity index (χ4v) is 4.10. The summed E-state index contributed by atoms with van der Waals surface area (Å²) in [6.07, 6.45) is 14.7. The van der Waals surface area contributed by atoms with Crippen LogP contribution >= 0.6 is 0 Å². The summed E-state index contributed by atoms with van der Waals surface area (Å²) < 4.78 is 28.3. The highest BCUT2D eigenvalue weighted by Gasteiger charge is 2.13. The van der Waals surface area contributed by atoms with Gasteiger partial charge in [0.1, 0.15) is 13.2 Å². The van der Waals surface area contributed by atoms with Crippen LogP contribution in [0, 0.1) is 0 Å². The molecule has 6 heteroatoms. The number of ether oxygens (including phenoxy) is 5. The molecule has 0 aliphatic carbocycles. The van der Waals surface area contributed by atoms with E-state index in [1.165, 1.54) is 64.2 Å². The zero-order chi connectivity index (χ0) is 24.1. The molecule has 0 amide bonds. The van der Waals surface area contributed by atoms with E-state index in [2.05, 4.69) is 6.92 Å². The normalized spacial score (nSPS) is 17.0. The van der Waals surface area contributed by atoms with Gasteiger partial charge in [-0.2, -0.15) is 0 Å². The molecule has 196 valence electrons. The number of hydrogen-bond acceptors (Lipinski definition) is 6. The number of rotatable bonds is 13. The van der Waals surface area contributed by atoms with E-state index in [4.69, 9.17) is 23.7 Å². The second-order valence-corrected chi connectivity index (χ2v) is 9.08. The Balaban J connectivity index is 1.70. The molecular weight excluding hydrogens is 432 g/mol.